The molecule has 3 heterocycles. The number of sulfone groups is 1. The quantitative estimate of drug-likeness (QED) is 0.227. The van der Waals surface area contributed by atoms with Crippen LogP contribution in [0.1, 0.15) is 29.8 Å². The lowest BCUT2D eigenvalue weighted by Gasteiger charge is -2.44. The lowest BCUT2D eigenvalue weighted by atomic mass is 9.84. The summed E-state index contributed by atoms with van der Waals surface area (Å²) in [5.74, 6) is 1.52. The average Bonchev–Trinajstić information content (AvgIpc) is 3.50. The van der Waals surface area contributed by atoms with E-state index >= 15 is 0 Å². The van der Waals surface area contributed by atoms with Gasteiger partial charge < -0.3 is 19.5 Å². The van der Waals surface area contributed by atoms with Crippen molar-refractivity contribution in [2.45, 2.75) is 53.0 Å². The first kappa shape index (κ1) is 32.1. The number of tetrazole rings is 1. The Bertz CT molecular complexity index is 1850. The van der Waals surface area contributed by atoms with Gasteiger partial charge in [-0.05, 0) is 52.7 Å². The summed E-state index contributed by atoms with van der Waals surface area (Å²) in [4.78, 5) is 1.49. The van der Waals surface area contributed by atoms with Crippen molar-refractivity contribution in [1.29, 1.82) is 0 Å². The van der Waals surface area contributed by atoms with Gasteiger partial charge in [-0.15, -0.1) is 10.2 Å². The largest absolute Gasteiger partial charge is 0.497 e. The zero-order chi connectivity index (χ0) is 32.4. The first-order valence-electron chi connectivity index (χ1n) is 14.8. The van der Waals surface area contributed by atoms with Gasteiger partial charge in [-0.3, -0.25) is 0 Å². The number of aromatic nitrogens is 4. The van der Waals surface area contributed by atoms with Gasteiger partial charge in [0.25, 0.3) is 0 Å². The summed E-state index contributed by atoms with van der Waals surface area (Å²) in [5, 5.41) is 15.7. The highest BCUT2D eigenvalue weighted by Gasteiger charge is 2.52. The lowest BCUT2D eigenvalue weighted by molar-refractivity contribution is -0.116. The highest BCUT2D eigenvalue weighted by Crippen LogP contribution is 2.42. The van der Waals surface area contributed by atoms with Gasteiger partial charge >= 0.3 is 0 Å². The van der Waals surface area contributed by atoms with Crippen molar-refractivity contribution in [3.05, 3.63) is 95.8 Å². The molecule has 3 atom stereocenters. The fourth-order valence-corrected chi connectivity index (χ4v) is 8.96. The molecule has 2 N–H and O–H groups in total. The van der Waals surface area contributed by atoms with Crippen LogP contribution in [0.5, 0.6) is 11.5 Å². The molecular formula is C31H36N6O7S2. The van der Waals surface area contributed by atoms with Crippen LogP contribution in [0.25, 0.3) is 0 Å². The Morgan fingerprint density at radius 1 is 0.913 bits per heavy atom. The number of benzene rings is 3. The summed E-state index contributed by atoms with van der Waals surface area (Å²) in [5.41, 5.74) is -1.07. The number of nitrogens with one attached hydrogen (secondary N) is 2. The molecule has 244 valence electrons. The minimum atomic E-state index is -4.00. The van der Waals surface area contributed by atoms with Crippen molar-refractivity contribution in [3.8, 4) is 11.5 Å². The second-order valence-corrected chi connectivity index (χ2v) is 15.6. The predicted molar refractivity (Wildman–Crippen MR) is 169 cm³/mol. The molecule has 15 heteroatoms. The number of ether oxygens (including phenoxy) is 3. The Labute approximate surface area is 268 Å². The Balaban J connectivity index is 1.40. The highest BCUT2D eigenvalue weighted by atomic mass is 32.2. The molecule has 13 nitrogen and oxygen atoms in total. The van der Waals surface area contributed by atoms with E-state index in [0.717, 1.165) is 11.1 Å². The third kappa shape index (κ3) is 6.78. The summed E-state index contributed by atoms with van der Waals surface area (Å²) >= 11 is 0. The van der Waals surface area contributed by atoms with E-state index in [0.29, 0.717) is 24.6 Å². The van der Waals surface area contributed by atoms with E-state index in [-0.39, 0.29) is 36.5 Å². The van der Waals surface area contributed by atoms with Crippen molar-refractivity contribution < 1.29 is 31.0 Å². The first-order chi connectivity index (χ1) is 22.1. The maximum absolute atomic E-state index is 13.9. The average molecular weight is 669 g/mol. The monoisotopic (exact) mass is 668 g/mol. The second-order valence-electron chi connectivity index (χ2n) is 11.5. The third-order valence-corrected chi connectivity index (χ3v) is 12.2. The van der Waals surface area contributed by atoms with Gasteiger partial charge in [0.05, 0.1) is 30.9 Å². The van der Waals surface area contributed by atoms with Crippen LogP contribution < -0.4 is 19.5 Å². The van der Waals surface area contributed by atoms with Crippen molar-refractivity contribution in [2.75, 3.05) is 27.3 Å². The Kier molecular flexibility index (Phi) is 9.12. The van der Waals surface area contributed by atoms with Gasteiger partial charge in [0.1, 0.15) is 17.1 Å². The number of rotatable bonds is 12. The van der Waals surface area contributed by atoms with E-state index in [1.165, 1.54) is 16.9 Å². The summed E-state index contributed by atoms with van der Waals surface area (Å²) in [6.45, 7) is 0.879. The van der Waals surface area contributed by atoms with E-state index in [2.05, 4.69) is 25.4 Å². The molecule has 0 radical (unpaired) electrons. The maximum atomic E-state index is 13.9. The fourth-order valence-electron chi connectivity index (χ4n) is 5.75. The molecule has 2 aliphatic heterocycles. The highest BCUT2D eigenvalue weighted by molar-refractivity contribution is 7.92. The van der Waals surface area contributed by atoms with Crippen molar-refractivity contribution in [3.63, 3.8) is 0 Å². The molecule has 0 amide bonds. The topological polar surface area (TPSA) is 164 Å². The van der Waals surface area contributed by atoms with E-state index in [4.69, 9.17) is 14.2 Å². The summed E-state index contributed by atoms with van der Waals surface area (Å²) in [6, 6.07) is 21.9. The van der Waals surface area contributed by atoms with E-state index in [1.807, 2.05) is 36.4 Å². The van der Waals surface area contributed by atoms with Crippen LogP contribution in [0.15, 0.2) is 83.8 Å². The molecule has 0 bridgehead atoms. The SMILES string of the molecule is COc1ccc(Cn2nnc(C3(Cc4ccc(OC)cc4)CC(NS(=O)(=O)c4ccccc4)CC(S(=O)(=O)C4CNC4)O3)n2)cc1. The van der Waals surface area contributed by atoms with Crippen LogP contribution in [0.3, 0.4) is 0 Å². The first-order valence-corrected chi connectivity index (χ1v) is 17.9. The number of nitrogens with zero attached hydrogens (tertiary/aromatic N) is 4. The van der Waals surface area contributed by atoms with Crippen molar-refractivity contribution >= 4 is 19.9 Å². The maximum Gasteiger partial charge on any atom is 0.240 e. The van der Waals surface area contributed by atoms with Gasteiger partial charge in [-0.2, -0.15) is 4.80 Å². The molecule has 3 unspecified atom stereocenters. The molecule has 2 fully saturated rings. The smallest absolute Gasteiger partial charge is 0.240 e. The Hall–Kier alpha value is -3.89. The van der Waals surface area contributed by atoms with Gasteiger partial charge in [-0.1, -0.05) is 42.5 Å². The molecule has 0 saturated carbocycles. The predicted octanol–water partition coefficient (Wildman–Crippen LogP) is 2.05. The van der Waals surface area contributed by atoms with Crippen LogP contribution in [-0.4, -0.2) is 81.1 Å². The second kappa shape index (κ2) is 13.1. The van der Waals surface area contributed by atoms with E-state index < -0.39 is 42.2 Å². The van der Waals surface area contributed by atoms with E-state index in [1.54, 1.807) is 44.6 Å². The van der Waals surface area contributed by atoms with E-state index in [9.17, 15) is 16.8 Å². The van der Waals surface area contributed by atoms with Crippen molar-refractivity contribution in [1.82, 2.24) is 30.2 Å². The summed E-state index contributed by atoms with van der Waals surface area (Å²) in [6.07, 6.45) is 0.146. The zero-order valence-electron chi connectivity index (χ0n) is 25.4. The van der Waals surface area contributed by atoms with Crippen LogP contribution in [0.2, 0.25) is 0 Å². The van der Waals surface area contributed by atoms with Crippen LogP contribution in [0.4, 0.5) is 0 Å². The number of hydrogen-bond donors (Lipinski definition) is 2. The van der Waals surface area contributed by atoms with Crippen LogP contribution in [-0.2, 0) is 43.2 Å². The number of hydrogen-bond acceptors (Lipinski definition) is 11. The third-order valence-electron chi connectivity index (χ3n) is 8.35. The molecule has 4 aromatic rings. The van der Waals surface area contributed by atoms with Gasteiger partial charge in [0, 0.05) is 38.4 Å². The molecule has 3 aromatic carbocycles. The molecule has 0 aliphatic carbocycles. The lowest BCUT2D eigenvalue weighted by Crippen LogP contribution is -2.59. The molecule has 2 aliphatic rings. The minimum Gasteiger partial charge on any atom is -0.497 e. The summed E-state index contributed by atoms with van der Waals surface area (Å²) in [7, 11) is -4.68. The van der Waals surface area contributed by atoms with Gasteiger partial charge in [0.2, 0.25) is 15.8 Å². The molecule has 1 aromatic heterocycles. The molecule has 2 saturated heterocycles. The van der Waals surface area contributed by atoms with Gasteiger partial charge in [-0.25, -0.2) is 21.6 Å². The standard InChI is InChI=1S/C31H36N6O7S2/c1-42-25-12-8-22(9-13-25)17-31(30-33-36-37(34-30)21-23-10-14-26(43-2)15-11-23)18-24(35-46(40,41)27-6-4-3-5-7-27)16-29(44-31)45(38,39)28-19-32-20-28/h3-15,24,28-29,32,35H,16-21H2,1-2H3. The van der Waals surface area contributed by atoms with Crippen molar-refractivity contribution in [2.24, 2.45) is 0 Å². The number of sulfonamides is 1. The molecule has 6 rings (SSSR count). The minimum absolute atomic E-state index is 0.0637. The van der Waals surface area contributed by atoms with Crippen LogP contribution in [0, 0.1) is 0 Å². The molecule has 46 heavy (non-hydrogen) atoms. The molecular weight excluding hydrogens is 633 g/mol. The van der Waals surface area contributed by atoms with Crippen LogP contribution >= 0.6 is 0 Å². The molecule has 0 spiro atoms. The zero-order valence-corrected chi connectivity index (χ0v) is 27.1. The fraction of sp³-hybridized carbons (Fsp3) is 0.387. The van der Waals surface area contributed by atoms with Gasteiger partial charge in [0.15, 0.2) is 15.3 Å². The Morgan fingerprint density at radius 3 is 2.13 bits per heavy atom. The summed E-state index contributed by atoms with van der Waals surface area (Å²) < 4.78 is 74.7. The Morgan fingerprint density at radius 2 is 1.54 bits per heavy atom. The normalized spacial score (nSPS) is 22.2. The number of methoxy groups -OCH3 is 2.